The Morgan fingerprint density at radius 2 is 1.71 bits per heavy atom. The van der Waals surface area contributed by atoms with Crippen LogP contribution in [0, 0.1) is 6.92 Å². The molecule has 0 amide bonds. The Hall–Kier alpha value is -1.92. The lowest BCUT2D eigenvalue weighted by Gasteiger charge is -1.98. The van der Waals surface area contributed by atoms with Crippen LogP contribution in [0.15, 0.2) is 0 Å². The molecule has 0 bridgehead atoms. The maximum atomic E-state index is 11.4. The van der Waals surface area contributed by atoms with Gasteiger partial charge in [0, 0.05) is 25.7 Å². The van der Waals surface area contributed by atoms with E-state index in [1.807, 2.05) is 0 Å². The summed E-state index contributed by atoms with van der Waals surface area (Å²) in [5.74, 6) is 0.0483. The van der Waals surface area contributed by atoms with Crippen molar-refractivity contribution in [2.75, 3.05) is 0 Å². The molecule has 0 radical (unpaired) electrons. The van der Waals surface area contributed by atoms with E-state index in [1.165, 1.54) is 0 Å². The van der Waals surface area contributed by atoms with Gasteiger partial charge in [-0.2, -0.15) is 0 Å². The van der Waals surface area contributed by atoms with E-state index in [0.29, 0.717) is 30.9 Å². The number of carbonyl (C=O) groups is 2. The summed E-state index contributed by atoms with van der Waals surface area (Å²) in [6.07, 6.45) is 1.37. The number of carboxylic acids is 1. The number of hydrogen-bond acceptors (Lipinski definition) is 6. The maximum absolute atomic E-state index is 11.4. The van der Waals surface area contributed by atoms with Gasteiger partial charge >= 0.3 is 5.97 Å². The monoisotopic (exact) mass is 238 g/mol. The molecule has 0 aliphatic rings. The van der Waals surface area contributed by atoms with Gasteiger partial charge < -0.3 is 5.11 Å². The van der Waals surface area contributed by atoms with Gasteiger partial charge in [0.25, 0.3) is 0 Å². The molecule has 0 saturated heterocycles. The van der Waals surface area contributed by atoms with E-state index in [1.54, 1.807) is 6.92 Å². The number of Topliss-reactive ketones (excluding diaryl/α,β-unsaturated/α-hetero) is 1. The fourth-order valence-electron chi connectivity index (χ4n) is 1.21. The molecule has 0 fully saturated rings. The molecule has 1 N–H and O–H groups in total. The molecular weight excluding hydrogens is 224 g/mol. The van der Waals surface area contributed by atoms with Gasteiger partial charge in [0.05, 0.1) is 0 Å². The van der Waals surface area contributed by atoms with Crippen LogP contribution in [0.1, 0.15) is 37.3 Å². The van der Waals surface area contributed by atoms with Crippen molar-refractivity contribution in [2.24, 2.45) is 0 Å². The molecule has 0 saturated carbocycles. The molecule has 1 aromatic rings. The summed E-state index contributed by atoms with van der Waals surface area (Å²) in [6.45, 7) is 1.68. The van der Waals surface area contributed by atoms with Crippen LogP contribution in [0.4, 0.5) is 0 Å². The van der Waals surface area contributed by atoms with Gasteiger partial charge in [-0.25, -0.2) is 0 Å². The third-order valence-electron chi connectivity index (χ3n) is 2.09. The summed E-state index contributed by atoms with van der Waals surface area (Å²) < 4.78 is 0. The average molecular weight is 238 g/mol. The Kier molecular flexibility index (Phi) is 5.12. The number of aromatic nitrogens is 4. The number of rotatable bonds is 7. The maximum Gasteiger partial charge on any atom is 0.303 e. The fraction of sp³-hybridized carbons (Fsp3) is 0.600. The van der Waals surface area contributed by atoms with Gasteiger partial charge in [0.15, 0.2) is 11.6 Å². The van der Waals surface area contributed by atoms with Crippen LogP contribution in [0.2, 0.25) is 0 Å². The van der Waals surface area contributed by atoms with E-state index < -0.39 is 5.97 Å². The van der Waals surface area contributed by atoms with Crippen LogP contribution >= 0.6 is 0 Å². The zero-order valence-electron chi connectivity index (χ0n) is 9.59. The molecule has 0 spiro atoms. The fourth-order valence-corrected chi connectivity index (χ4v) is 1.21. The Morgan fingerprint density at radius 1 is 1.06 bits per heavy atom. The number of carbonyl (C=O) groups excluding carboxylic acids is 1. The molecule has 1 rings (SSSR count). The molecule has 1 aromatic heterocycles. The number of aryl methyl sites for hydroxylation is 2. The number of aliphatic carboxylic acids is 1. The lowest BCUT2D eigenvalue weighted by molar-refractivity contribution is -0.137. The van der Waals surface area contributed by atoms with Crippen molar-refractivity contribution in [1.29, 1.82) is 0 Å². The third kappa shape index (κ3) is 5.64. The molecule has 0 aliphatic carbocycles. The van der Waals surface area contributed by atoms with Gasteiger partial charge in [-0.05, 0) is 13.3 Å². The molecule has 0 atom stereocenters. The first-order valence-corrected chi connectivity index (χ1v) is 5.34. The van der Waals surface area contributed by atoms with Gasteiger partial charge in [0.2, 0.25) is 0 Å². The number of hydrogen-bond donors (Lipinski definition) is 1. The highest BCUT2D eigenvalue weighted by Crippen LogP contribution is 2.02. The second kappa shape index (κ2) is 6.62. The van der Waals surface area contributed by atoms with Crippen molar-refractivity contribution in [2.45, 2.75) is 39.0 Å². The molecule has 7 nitrogen and oxygen atoms in total. The highest BCUT2D eigenvalue weighted by Gasteiger charge is 2.06. The first kappa shape index (κ1) is 13.1. The van der Waals surface area contributed by atoms with Crippen LogP contribution in [-0.4, -0.2) is 37.3 Å². The van der Waals surface area contributed by atoms with Crippen molar-refractivity contribution in [1.82, 2.24) is 20.4 Å². The second-order valence-corrected chi connectivity index (χ2v) is 3.65. The first-order valence-electron chi connectivity index (χ1n) is 5.34. The Balaban J connectivity index is 2.23. The van der Waals surface area contributed by atoms with Crippen LogP contribution in [0.5, 0.6) is 0 Å². The molecule has 1 heterocycles. The van der Waals surface area contributed by atoms with Crippen molar-refractivity contribution in [3.63, 3.8) is 0 Å². The molecule has 0 aromatic carbocycles. The summed E-state index contributed by atoms with van der Waals surface area (Å²) in [6, 6.07) is 0. The van der Waals surface area contributed by atoms with E-state index in [2.05, 4.69) is 20.4 Å². The van der Waals surface area contributed by atoms with Gasteiger partial charge in [-0.15, -0.1) is 20.4 Å². The minimum absolute atomic E-state index is 0.00965. The van der Waals surface area contributed by atoms with Gasteiger partial charge in [-0.1, -0.05) is 0 Å². The minimum atomic E-state index is -0.881. The van der Waals surface area contributed by atoms with Gasteiger partial charge in [0.1, 0.15) is 5.78 Å². The number of carboxylic acid groups (broad SMARTS) is 1. The summed E-state index contributed by atoms with van der Waals surface area (Å²) in [4.78, 5) is 21.6. The smallest absolute Gasteiger partial charge is 0.303 e. The summed E-state index contributed by atoms with van der Waals surface area (Å²) in [5, 5.41) is 23.4. The normalized spacial score (nSPS) is 10.2. The molecule has 0 unspecified atom stereocenters. The van der Waals surface area contributed by atoms with Crippen molar-refractivity contribution in [3.8, 4) is 0 Å². The predicted octanol–water partition coefficient (Wildman–Crippen LogP) is 0.332. The van der Waals surface area contributed by atoms with E-state index in [-0.39, 0.29) is 18.6 Å². The lowest BCUT2D eigenvalue weighted by atomic mass is 10.1. The number of ketones is 1. The Bertz CT molecular complexity index is 391. The summed E-state index contributed by atoms with van der Waals surface area (Å²) in [7, 11) is 0. The van der Waals surface area contributed by atoms with Crippen LogP contribution < -0.4 is 0 Å². The summed E-state index contributed by atoms with van der Waals surface area (Å²) in [5.41, 5.74) is 0. The quantitative estimate of drug-likeness (QED) is 0.729. The van der Waals surface area contributed by atoms with Crippen molar-refractivity contribution >= 4 is 11.8 Å². The van der Waals surface area contributed by atoms with Crippen LogP contribution in [-0.2, 0) is 16.0 Å². The topological polar surface area (TPSA) is 106 Å². The van der Waals surface area contributed by atoms with E-state index >= 15 is 0 Å². The average Bonchev–Trinajstić information content (AvgIpc) is 2.28. The van der Waals surface area contributed by atoms with E-state index in [0.717, 1.165) is 0 Å². The molecule has 17 heavy (non-hydrogen) atoms. The van der Waals surface area contributed by atoms with Gasteiger partial charge in [-0.3, -0.25) is 9.59 Å². The first-order chi connectivity index (χ1) is 8.08. The molecule has 7 heteroatoms. The highest BCUT2D eigenvalue weighted by atomic mass is 16.4. The van der Waals surface area contributed by atoms with E-state index in [4.69, 9.17) is 5.11 Å². The van der Waals surface area contributed by atoms with Crippen LogP contribution in [0.3, 0.4) is 0 Å². The van der Waals surface area contributed by atoms with E-state index in [9.17, 15) is 9.59 Å². The van der Waals surface area contributed by atoms with Crippen molar-refractivity contribution < 1.29 is 14.7 Å². The predicted molar refractivity (Wildman–Crippen MR) is 57.2 cm³/mol. The highest BCUT2D eigenvalue weighted by molar-refractivity contribution is 5.79. The minimum Gasteiger partial charge on any atom is -0.481 e. The molecule has 0 aliphatic heterocycles. The third-order valence-corrected chi connectivity index (χ3v) is 2.09. The SMILES string of the molecule is Cc1nnc(CCC(=O)CCCC(=O)O)nn1. The summed E-state index contributed by atoms with van der Waals surface area (Å²) >= 11 is 0. The zero-order valence-corrected chi connectivity index (χ0v) is 9.59. The number of nitrogens with zero attached hydrogens (tertiary/aromatic N) is 4. The van der Waals surface area contributed by atoms with Crippen molar-refractivity contribution in [3.05, 3.63) is 11.6 Å². The Morgan fingerprint density at radius 3 is 2.29 bits per heavy atom. The van der Waals surface area contributed by atoms with Crippen LogP contribution in [0.25, 0.3) is 0 Å². The second-order valence-electron chi connectivity index (χ2n) is 3.65. The standard InChI is InChI=1S/C10H14N4O3/c1-7-11-13-9(14-12-7)6-5-8(15)3-2-4-10(16)17/h2-6H2,1H3,(H,16,17). The largest absolute Gasteiger partial charge is 0.481 e. The molecular formula is C10H14N4O3. The lowest BCUT2D eigenvalue weighted by Crippen LogP contribution is -2.07. The molecule has 92 valence electrons. The Labute approximate surface area is 98.3 Å². The zero-order chi connectivity index (χ0) is 12.7.